The molecular weight excluding hydrogens is 291 g/mol. The van der Waals surface area contributed by atoms with Gasteiger partial charge in [-0.1, -0.05) is 11.6 Å². The molecule has 2 N–H and O–H groups in total. The van der Waals surface area contributed by atoms with Crippen molar-refractivity contribution in [2.75, 3.05) is 25.6 Å². The zero-order valence-corrected chi connectivity index (χ0v) is 11.9. The van der Waals surface area contributed by atoms with Crippen LogP contribution in [0.5, 0.6) is 0 Å². The Morgan fingerprint density at radius 2 is 2.25 bits per heavy atom. The van der Waals surface area contributed by atoms with Crippen molar-refractivity contribution in [1.29, 1.82) is 0 Å². The van der Waals surface area contributed by atoms with Crippen LogP contribution in [0.15, 0.2) is 12.1 Å². The first kappa shape index (κ1) is 16.6. The van der Waals surface area contributed by atoms with E-state index in [4.69, 9.17) is 16.3 Å². The third-order valence-electron chi connectivity index (χ3n) is 2.74. The first-order chi connectivity index (χ1) is 9.26. The number of hydrogen-bond acceptors (Lipinski definition) is 5. The van der Waals surface area contributed by atoms with Crippen LogP contribution < -0.4 is 5.32 Å². The Hall–Kier alpha value is -1.44. The minimum atomic E-state index is -1.12. The van der Waals surface area contributed by atoms with Crippen molar-refractivity contribution >= 4 is 23.0 Å². The third kappa shape index (κ3) is 4.59. The Kier molecular flexibility index (Phi) is 5.67. The number of methoxy groups -OCH3 is 1. The number of nitro benzene ring substituents is 1. The molecular formula is C12H16ClFN2O4. The van der Waals surface area contributed by atoms with E-state index < -0.39 is 22.0 Å². The Bertz CT molecular complexity index is 497. The van der Waals surface area contributed by atoms with Crippen LogP contribution in [0.1, 0.15) is 13.3 Å². The second-order valence-electron chi connectivity index (χ2n) is 4.63. The molecule has 0 aromatic heterocycles. The number of aliphatic hydroxyl groups is 1. The molecule has 1 aromatic rings. The van der Waals surface area contributed by atoms with Crippen molar-refractivity contribution in [3.05, 3.63) is 33.1 Å². The van der Waals surface area contributed by atoms with Gasteiger partial charge in [-0.25, -0.2) is 4.39 Å². The number of ether oxygens (including phenoxy) is 1. The van der Waals surface area contributed by atoms with E-state index in [2.05, 4.69) is 5.32 Å². The number of nitro groups is 1. The van der Waals surface area contributed by atoms with Gasteiger partial charge in [-0.05, 0) is 13.0 Å². The lowest BCUT2D eigenvalue weighted by Crippen LogP contribution is -2.34. The Balaban J connectivity index is 2.86. The molecule has 0 amide bonds. The summed E-state index contributed by atoms with van der Waals surface area (Å²) in [5, 5.41) is 23.4. The van der Waals surface area contributed by atoms with Crippen LogP contribution in [0, 0.1) is 15.9 Å². The fourth-order valence-electron chi connectivity index (χ4n) is 1.52. The van der Waals surface area contributed by atoms with Crippen LogP contribution in [0.3, 0.4) is 0 Å². The van der Waals surface area contributed by atoms with Gasteiger partial charge in [-0.2, -0.15) is 0 Å². The molecule has 0 aliphatic carbocycles. The van der Waals surface area contributed by atoms with Gasteiger partial charge in [0.15, 0.2) is 0 Å². The Morgan fingerprint density at radius 1 is 1.60 bits per heavy atom. The quantitative estimate of drug-likeness (QED) is 0.597. The highest BCUT2D eigenvalue weighted by Crippen LogP contribution is 2.30. The number of halogens is 2. The van der Waals surface area contributed by atoms with Crippen LogP contribution in [-0.4, -0.2) is 35.9 Å². The van der Waals surface area contributed by atoms with Crippen LogP contribution in [0.25, 0.3) is 0 Å². The molecule has 1 rings (SSSR count). The summed E-state index contributed by atoms with van der Waals surface area (Å²) in [5.74, 6) is -0.866. The van der Waals surface area contributed by atoms with E-state index in [1.807, 2.05) is 0 Å². The van der Waals surface area contributed by atoms with E-state index in [-0.39, 0.29) is 17.3 Å². The molecule has 20 heavy (non-hydrogen) atoms. The number of hydrogen-bond donors (Lipinski definition) is 2. The SMILES string of the molecule is COCCC(C)(O)CNc1cc(Cl)c(F)cc1[N+](=O)[O-]. The summed E-state index contributed by atoms with van der Waals surface area (Å²) in [4.78, 5) is 10.1. The molecule has 8 heteroatoms. The second-order valence-corrected chi connectivity index (χ2v) is 5.04. The molecule has 6 nitrogen and oxygen atoms in total. The predicted octanol–water partition coefficient (Wildman–Crippen LogP) is 2.59. The van der Waals surface area contributed by atoms with Crippen molar-refractivity contribution in [3.63, 3.8) is 0 Å². The maximum Gasteiger partial charge on any atom is 0.295 e. The number of anilines is 1. The van der Waals surface area contributed by atoms with Crippen molar-refractivity contribution < 1.29 is 19.2 Å². The summed E-state index contributed by atoms with van der Waals surface area (Å²) < 4.78 is 18.1. The van der Waals surface area contributed by atoms with E-state index in [9.17, 15) is 19.6 Å². The summed E-state index contributed by atoms with van der Waals surface area (Å²) >= 11 is 5.60. The monoisotopic (exact) mass is 306 g/mol. The lowest BCUT2D eigenvalue weighted by atomic mass is 10.0. The first-order valence-corrected chi connectivity index (χ1v) is 6.23. The zero-order valence-electron chi connectivity index (χ0n) is 11.2. The van der Waals surface area contributed by atoms with Gasteiger partial charge >= 0.3 is 0 Å². The summed E-state index contributed by atoms with van der Waals surface area (Å²) in [6, 6.07) is 1.87. The minimum Gasteiger partial charge on any atom is -0.388 e. The van der Waals surface area contributed by atoms with Crippen molar-refractivity contribution in [2.45, 2.75) is 18.9 Å². The molecule has 0 aliphatic heterocycles. The van der Waals surface area contributed by atoms with E-state index in [0.29, 0.717) is 13.0 Å². The van der Waals surface area contributed by atoms with Gasteiger partial charge in [0.25, 0.3) is 5.69 Å². The fraction of sp³-hybridized carbons (Fsp3) is 0.500. The predicted molar refractivity (Wildman–Crippen MR) is 73.7 cm³/mol. The molecule has 0 aliphatic rings. The molecule has 0 saturated heterocycles. The van der Waals surface area contributed by atoms with Gasteiger partial charge in [0.05, 0.1) is 21.6 Å². The summed E-state index contributed by atoms with van der Waals surface area (Å²) in [5.41, 5.74) is -1.50. The van der Waals surface area contributed by atoms with E-state index in [0.717, 1.165) is 12.1 Å². The van der Waals surface area contributed by atoms with Crippen LogP contribution in [-0.2, 0) is 4.74 Å². The number of nitrogens with zero attached hydrogens (tertiary/aromatic N) is 1. The van der Waals surface area contributed by atoms with Gasteiger partial charge < -0.3 is 15.2 Å². The van der Waals surface area contributed by atoms with Crippen LogP contribution in [0.4, 0.5) is 15.8 Å². The Labute approximate surface area is 120 Å². The van der Waals surface area contributed by atoms with Gasteiger partial charge in [-0.15, -0.1) is 0 Å². The standard InChI is InChI=1S/C12H16ClFN2O4/c1-12(17,3-4-20-2)7-15-10-5-8(13)9(14)6-11(10)16(18)19/h5-6,15,17H,3-4,7H2,1-2H3. The minimum absolute atomic E-state index is 0.0408. The summed E-state index contributed by atoms with van der Waals surface area (Å²) in [6.07, 6.45) is 0.346. The van der Waals surface area contributed by atoms with E-state index in [1.54, 1.807) is 6.92 Å². The van der Waals surface area contributed by atoms with Gasteiger partial charge in [0.2, 0.25) is 0 Å². The third-order valence-corrected chi connectivity index (χ3v) is 3.03. The normalized spacial score (nSPS) is 13.8. The molecule has 0 radical (unpaired) electrons. The molecule has 0 saturated carbocycles. The maximum atomic E-state index is 13.2. The molecule has 1 unspecified atom stereocenters. The molecule has 0 fully saturated rings. The number of benzene rings is 1. The van der Waals surface area contributed by atoms with Crippen LogP contribution in [0.2, 0.25) is 5.02 Å². The van der Waals surface area contributed by atoms with Crippen molar-refractivity contribution in [3.8, 4) is 0 Å². The lowest BCUT2D eigenvalue weighted by molar-refractivity contribution is -0.384. The number of nitrogens with one attached hydrogen (secondary N) is 1. The summed E-state index contributed by atoms with van der Waals surface area (Å²) in [7, 11) is 1.51. The summed E-state index contributed by atoms with van der Waals surface area (Å²) in [6.45, 7) is 1.95. The average molecular weight is 307 g/mol. The molecule has 1 aromatic carbocycles. The van der Waals surface area contributed by atoms with Gasteiger partial charge in [-0.3, -0.25) is 10.1 Å². The zero-order chi connectivity index (χ0) is 15.3. The molecule has 0 spiro atoms. The lowest BCUT2D eigenvalue weighted by Gasteiger charge is -2.23. The highest BCUT2D eigenvalue weighted by atomic mass is 35.5. The molecule has 0 heterocycles. The average Bonchev–Trinajstić information content (AvgIpc) is 2.37. The highest BCUT2D eigenvalue weighted by Gasteiger charge is 2.23. The molecule has 1 atom stereocenters. The topological polar surface area (TPSA) is 84.6 Å². The first-order valence-electron chi connectivity index (χ1n) is 5.85. The molecule has 0 bridgehead atoms. The number of rotatable bonds is 7. The van der Waals surface area contributed by atoms with Gasteiger partial charge in [0.1, 0.15) is 11.5 Å². The van der Waals surface area contributed by atoms with Crippen molar-refractivity contribution in [2.24, 2.45) is 0 Å². The molecule has 112 valence electrons. The second kappa shape index (κ2) is 6.83. The highest BCUT2D eigenvalue weighted by molar-refractivity contribution is 6.31. The smallest absolute Gasteiger partial charge is 0.295 e. The van der Waals surface area contributed by atoms with Crippen LogP contribution >= 0.6 is 11.6 Å². The fourth-order valence-corrected chi connectivity index (χ4v) is 1.69. The van der Waals surface area contributed by atoms with Crippen molar-refractivity contribution in [1.82, 2.24) is 0 Å². The van der Waals surface area contributed by atoms with Gasteiger partial charge in [0, 0.05) is 26.7 Å². The van der Waals surface area contributed by atoms with E-state index >= 15 is 0 Å². The van der Waals surface area contributed by atoms with E-state index in [1.165, 1.54) is 7.11 Å². The Morgan fingerprint density at radius 3 is 2.80 bits per heavy atom. The maximum absolute atomic E-state index is 13.2. The largest absolute Gasteiger partial charge is 0.388 e.